The second kappa shape index (κ2) is 7.53. The van der Waals surface area contributed by atoms with Crippen LogP contribution in [0.3, 0.4) is 0 Å². The van der Waals surface area contributed by atoms with Crippen molar-refractivity contribution in [2.75, 3.05) is 13.6 Å². The topological polar surface area (TPSA) is 83.6 Å². The van der Waals surface area contributed by atoms with E-state index in [1.54, 1.807) is 11.9 Å². The Morgan fingerprint density at radius 1 is 1.26 bits per heavy atom. The number of aliphatic carboxylic acids is 1. The van der Waals surface area contributed by atoms with Crippen LogP contribution >= 0.6 is 0 Å². The summed E-state index contributed by atoms with van der Waals surface area (Å²) in [6.45, 7) is 0.863. The first-order valence-electron chi connectivity index (χ1n) is 6.27. The zero-order valence-corrected chi connectivity index (χ0v) is 11.1. The van der Waals surface area contributed by atoms with E-state index < -0.39 is 5.97 Å². The second-order valence-corrected chi connectivity index (χ2v) is 4.46. The Morgan fingerprint density at radius 3 is 2.47 bits per heavy atom. The number of carboxylic acid groups (broad SMARTS) is 1. The fourth-order valence-corrected chi connectivity index (χ4v) is 1.82. The van der Waals surface area contributed by atoms with E-state index in [-0.39, 0.29) is 12.3 Å². The van der Waals surface area contributed by atoms with Crippen molar-refractivity contribution in [3.05, 3.63) is 35.4 Å². The first-order valence-corrected chi connectivity index (χ1v) is 6.27. The Bertz CT molecular complexity index is 446. The van der Waals surface area contributed by atoms with Crippen LogP contribution in [0.5, 0.6) is 0 Å². The summed E-state index contributed by atoms with van der Waals surface area (Å²) in [6, 6.07) is 7.58. The van der Waals surface area contributed by atoms with Crippen LogP contribution in [0.4, 0.5) is 0 Å². The molecule has 19 heavy (non-hydrogen) atoms. The molecule has 0 aliphatic carbocycles. The maximum absolute atomic E-state index is 12.0. The summed E-state index contributed by atoms with van der Waals surface area (Å²) in [6.07, 6.45) is 0.851. The summed E-state index contributed by atoms with van der Waals surface area (Å²) in [5.41, 5.74) is 7.52. The first-order chi connectivity index (χ1) is 9.04. The molecule has 1 aromatic carbocycles. The van der Waals surface area contributed by atoms with E-state index in [1.165, 1.54) is 0 Å². The molecule has 1 amide bonds. The van der Waals surface area contributed by atoms with Crippen molar-refractivity contribution in [2.24, 2.45) is 5.73 Å². The van der Waals surface area contributed by atoms with Gasteiger partial charge in [0.1, 0.15) is 0 Å². The highest BCUT2D eigenvalue weighted by Crippen LogP contribution is 2.10. The molecular formula is C14H20N2O3. The number of hydrogen-bond donors (Lipinski definition) is 2. The first kappa shape index (κ1) is 15.2. The highest BCUT2D eigenvalue weighted by Gasteiger charge is 2.11. The fourth-order valence-electron chi connectivity index (χ4n) is 1.82. The van der Waals surface area contributed by atoms with Crippen molar-refractivity contribution >= 4 is 11.9 Å². The molecule has 1 aromatic rings. The summed E-state index contributed by atoms with van der Waals surface area (Å²) in [7, 11) is 1.69. The van der Waals surface area contributed by atoms with E-state index in [0.29, 0.717) is 25.9 Å². The lowest BCUT2D eigenvalue weighted by Gasteiger charge is -2.17. The number of carbonyl (C=O) groups is 2. The van der Waals surface area contributed by atoms with Crippen molar-refractivity contribution in [1.82, 2.24) is 4.90 Å². The average molecular weight is 264 g/mol. The van der Waals surface area contributed by atoms with Gasteiger partial charge in [-0.05, 0) is 17.5 Å². The Labute approximate surface area is 113 Å². The molecule has 104 valence electrons. The third kappa shape index (κ3) is 5.09. The number of hydrogen-bond acceptors (Lipinski definition) is 3. The van der Waals surface area contributed by atoms with Gasteiger partial charge in [0, 0.05) is 26.6 Å². The minimum Gasteiger partial charge on any atom is -0.481 e. The highest BCUT2D eigenvalue weighted by atomic mass is 16.4. The second-order valence-electron chi connectivity index (χ2n) is 4.46. The van der Waals surface area contributed by atoms with Crippen LogP contribution in [0, 0.1) is 0 Å². The van der Waals surface area contributed by atoms with Crippen LogP contribution < -0.4 is 5.73 Å². The average Bonchev–Trinajstić information content (AvgIpc) is 2.38. The van der Waals surface area contributed by atoms with Gasteiger partial charge in [-0.2, -0.15) is 0 Å². The molecule has 0 unspecified atom stereocenters. The van der Waals surface area contributed by atoms with Gasteiger partial charge in [0.15, 0.2) is 0 Å². The minimum atomic E-state index is -0.839. The maximum Gasteiger partial charge on any atom is 0.303 e. The minimum absolute atomic E-state index is 0.0220. The molecule has 0 atom stereocenters. The molecule has 0 saturated heterocycles. The van der Waals surface area contributed by atoms with Crippen molar-refractivity contribution in [3.8, 4) is 0 Å². The van der Waals surface area contributed by atoms with E-state index in [4.69, 9.17) is 10.8 Å². The molecule has 0 radical (unpaired) electrons. The SMILES string of the molecule is CN(CCCC(=O)O)C(=O)Cc1ccccc1CN. The Kier molecular flexibility index (Phi) is 6.02. The predicted molar refractivity (Wildman–Crippen MR) is 72.5 cm³/mol. The van der Waals surface area contributed by atoms with E-state index in [2.05, 4.69) is 0 Å². The number of nitrogens with two attached hydrogens (primary N) is 1. The molecule has 0 heterocycles. The third-order valence-corrected chi connectivity index (χ3v) is 2.99. The van der Waals surface area contributed by atoms with Gasteiger partial charge in [0.2, 0.25) is 5.91 Å². The lowest BCUT2D eigenvalue weighted by Crippen LogP contribution is -2.29. The van der Waals surface area contributed by atoms with Crippen LogP contribution in [-0.4, -0.2) is 35.5 Å². The summed E-state index contributed by atoms with van der Waals surface area (Å²) in [4.78, 5) is 24.0. The fraction of sp³-hybridized carbons (Fsp3) is 0.429. The zero-order chi connectivity index (χ0) is 14.3. The van der Waals surface area contributed by atoms with Gasteiger partial charge in [0.05, 0.1) is 6.42 Å². The zero-order valence-electron chi connectivity index (χ0n) is 11.1. The molecule has 1 rings (SSSR count). The molecule has 5 heteroatoms. The van der Waals surface area contributed by atoms with Crippen molar-refractivity contribution < 1.29 is 14.7 Å². The van der Waals surface area contributed by atoms with E-state index in [1.807, 2.05) is 24.3 Å². The van der Waals surface area contributed by atoms with Gasteiger partial charge >= 0.3 is 5.97 Å². The van der Waals surface area contributed by atoms with Gasteiger partial charge < -0.3 is 15.7 Å². The van der Waals surface area contributed by atoms with E-state index in [9.17, 15) is 9.59 Å². The summed E-state index contributed by atoms with van der Waals surface area (Å²) in [5, 5.41) is 8.55. The van der Waals surface area contributed by atoms with Gasteiger partial charge in [-0.15, -0.1) is 0 Å². The van der Waals surface area contributed by atoms with E-state index >= 15 is 0 Å². The predicted octanol–water partition coefficient (Wildman–Crippen LogP) is 1.01. The number of benzene rings is 1. The standard InChI is InChI=1S/C14H20N2O3/c1-16(8-4-7-14(18)19)13(17)9-11-5-2-3-6-12(11)10-15/h2-3,5-6H,4,7-10,15H2,1H3,(H,18,19). The third-order valence-electron chi connectivity index (χ3n) is 2.99. The lowest BCUT2D eigenvalue weighted by atomic mass is 10.0. The largest absolute Gasteiger partial charge is 0.481 e. The normalized spacial score (nSPS) is 10.2. The molecule has 0 spiro atoms. The number of nitrogens with zero attached hydrogens (tertiary/aromatic N) is 1. The molecule has 3 N–H and O–H groups in total. The summed E-state index contributed by atoms with van der Waals surface area (Å²) in [5.74, 6) is -0.861. The molecule has 0 aromatic heterocycles. The van der Waals surface area contributed by atoms with Crippen molar-refractivity contribution in [1.29, 1.82) is 0 Å². The smallest absolute Gasteiger partial charge is 0.303 e. The van der Waals surface area contributed by atoms with Gasteiger partial charge in [-0.25, -0.2) is 0 Å². The lowest BCUT2D eigenvalue weighted by molar-refractivity contribution is -0.138. The van der Waals surface area contributed by atoms with Crippen LogP contribution in [0.15, 0.2) is 24.3 Å². The molecule has 5 nitrogen and oxygen atoms in total. The van der Waals surface area contributed by atoms with Gasteiger partial charge in [0.25, 0.3) is 0 Å². The van der Waals surface area contributed by atoms with Crippen LogP contribution in [0.2, 0.25) is 0 Å². The van der Waals surface area contributed by atoms with Crippen LogP contribution in [-0.2, 0) is 22.6 Å². The molecule has 0 bridgehead atoms. The van der Waals surface area contributed by atoms with Crippen LogP contribution in [0.25, 0.3) is 0 Å². The summed E-state index contributed by atoms with van der Waals surface area (Å²) >= 11 is 0. The quantitative estimate of drug-likeness (QED) is 0.770. The number of likely N-dealkylation sites (N-methyl/N-ethyl adjacent to an activating group) is 1. The van der Waals surface area contributed by atoms with Gasteiger partial charge in [-0.3, -0.25) is 9.59 Å². The van der Waals surface area contributed by atoms with E-state index in [0.717, 1.165) is 11.1 Å². The Hall–Kier alpha value is -1.88. The molecule has 0 aliphatic rings. The van der Waals surface area contributed by atoms with Crippen LogP contribution in [0.1, 0.15) is 24.0 Å². The molecule has 0 fully saturated rings. The molecule has 0 aliphatic heterocycles. The Morgan fingerprint density at radius 2 is 1.89 bits per heavy atom. The number of rotatable bonds is 7. The highest BCUT2D eigenvalue weighted by molar-refractivity contribution is 5.79. The number of carbonyl (C=O) groups excluding carboxylic acids is 1. The van der Waals surface area contributed by atoms with Crippen molar-refractivity contribution in [2.45, 2.75) is 25.8 Å². The summed E-state index contributed by atoms with van der Waals surface area (Å²) < 4.78 is 0. The molecular weight excluding hydrogens is 244 g/mol. The number of carboxylic acids is 1. The van der Waals surface area contributed by atoms with Gasteiger partial charge in [-0.1, -0.05) is 24.3 Å². The maximum atomic E-state index is 12.0. The van der Waals surface area contributed by atoms with Crippen molar-refractivity contribution in [3.63, 3.8) is 0 Å². The number of amides is 1. The Balaban J connectivity index is 2.51. The monoisotopic (exact) mass is 264 g/mol. The molecule has 0 saturated carbocycles.